The van der Waals surface area contributed by atoms with Crippen LogP contribution in [0.4, 0.5) is 5.82 Å². The average Bonchev–Trinajstić information content (AvgIpc) is 3.23. The van der Waals surface area contributed by atoms with Gasteiger partial charge in [-0.3, -0.25) is 9.78 Å². The number of amides is 1. The maximum Gasteiger partial charge on any atom is 0.251 e. The Hall–Kier alpha value is -1.69. The summed E-state index contributed by atoms with van der Waals surface area (Å²) in [5, 5.41) is 0. The summed E-state index contributed by atoms with van der Waals surface area (Å²) in [5.41, 5.74) is 0. The third kappa shape index (κ3) is 2.56. The number of hydrogen-bond donors (Lipinski definition) is 0. The summed E-state index contributed by atoms with van der Waals surface area (Å²) in [6, 6.07) is 0. The summed E-state index contributed by atoms with van der Waals surface area (Å²) in [4.78, 5) is 25.4. The van der Waals surface area contributed by atoms with Crippen LogP contribution in [0.25, 0.3) is 0 Å². The van der Waals surface area contributed by atoms with Crippen molar-refractivity contribution in [2.24, 2.45) is 11.8 Å². The second kappa shape index (κ2) is 5.83. The summed E-state index contributed by atoms with van der Waals surface area (Å²) in [7, 11) is 0. The maximum atomic E-state index is 12.5. The quantitative estimate of drug-likeness (QED) is 0.814. The van der Waals surface area contributed by atoms with Crippen LogP contribution in [0, 0.1) is 11.8 Å². The molecule has 0 spiro atoms. The third-order valence-corrected chi connectivity index (χ3v) is 5.19. The van der Waals surface area contributed by atoms with E-state index >= 15 is 0 Å². The van der Waals surface area contributed by atoms with E-state index in [4.69, 9.17) is 4.74 Å². The fourth-order valence-corrected chi connectivity index (χ4v) is 3.99. The second-order valence-electron chi connectivity index (χ2n) is 6.56. The van der Waals surface area contributed by atoms with Gasteiger partial charge in [-0.15, -0.1) is 0 Å². The molecule has 0 bridgehead atoms. The molecule has 0 aliphatic carbocycles. The van der Waals surface area contributed by atoms with Crippen molar-refractivity contribution in [3.8, 4) is 0 Å². The molecule has 22 heavy (non-hydrogen) atoms. The number of piperidine rings is 1. The van der Waals surface area contributed by atoms with Crippen molar-refractivity contribution in [1.29, 1.82) is 0 Å². The zero-order valence-electron chi connectivity index (χ0n) is 12.7. The van der Waals surface area contributed by atoms with Crippen molar-refractivity contribution in [3.63, 3.8) is 0 Å². The highest BCUT2D eigenvalue weighted by Crippen LogP contribution is 2.33. The van der Waals surface area contributed by atoms with E-state index in [0.29, 0.717) is 11.8 Å². The van der Waals surface area contributed by atoms with Crippen molar-refractivity contribution < 1.29 is 9.53 Å². The van der Waals surface area contributed by atoms with Gasteiger partial charge in [-0.05, 0) is 31.1 Å². The normalized spacial score (nSPS) is 31.4. The topological polar surface area (TPSA) is 58.6 Å². The molecule has 0 N–H and O–H groups in total. The minimum atomic E-state index is -0.184. The lowest BCUT2D eigenvalue weighted by atomic mass is 9.89. The Morgan fingerprint density at radius 2 is 2.09 bits per heavy atom. The molecule has 3 saturated heterocycles. The molecular weight excluding hydrogens is 280 g/mol. The van der Waals surface area contributed by atoms with Gasteiger partial charge in [0.2, 0.25) is 0 Å². The number of nitrogens with zero attached hydrogens (tertiary/aromatic N) is 4. The van der Waals surface area contributed by atoms with Gasteiger partial charge in [0.05, 0.1) is 6.20 Å². The lowest BCUT2D eigenvalue weighted by Gasteiger charge is -2.34. The van der Waals surface area contributed by atoms with E-state index in [-0.39, 0.29) is 12.0 Å². The zero-order chi connectivity index (χ0) is 14.9. The van der Waals surface area contributed by atoms with Crippen LogP contribution in [0.1, 0.15) is 19.3 Å². The molecule has 6 heteroatoms. The molecule has 3 fully saturated rings. The molecule has 0 unspecified atom stereocenters. The molecule has 3 atom stereocenters. The molecule has 6 nitrogen and oxygen atoms in total. The van der Waals surface area contributed by atoms with Gasteiger partial charge in [-0.25, -0.2) is 4.98 Å². The predicted octanol–water partition coefficient (Wildman–Crippen LogP) is 0.940. The van der Waals surface area contributed by atoms with Crippen LogP contribution in [0.5, 0.6) is 0 Å². The number of carbonyl (C=O) groups excluding carboxylic acids is 1. The predicted molar refractivity (Wildman–Crippen MR) is 81.4 cm³/mol. The van der Waals surface area contributed by atoms with Gasteiger partial charge >= 0.3 is 0 Å². The Morgan fingerprint density at radius 1 is 1.18 bits per heavy atom. The summed E-state index contributed by atoms with van der Waals surface area (Å²) >= 11 is 0. The van der Waals surface area contributed by atoms with Gasteiger partial charge < -0.3 is 14.5 Å². The lowest BCUT2D eigenvalue weighted by molar-refractivity contribution is -0.140. The Bertz CT molecular complexity index is 532. The van der Waals surface area contributed by atoms with Gasteiger partial charge in [0, 0.05) is 45.2 Å². The first-order chi connectivity index (χ1) is 10.8. The highest BCUT2D eigenvalue weighted by molar-refractivity contribution is 5.81. The molecule has 1 aromatic heterocycles. The van der Waals surface area contributed by atoms with E-state index in [1.807, 2.05) is 11.1 Å². The van der Waals surface area contributed by atoms with Crippen molar-refractivity contribution >= 4 is 11.7 Å². The summed E-state index contributed by atoms with van der Waals surface area (Å²) < 4.78 is 5.55. The Morgan fingerprint density at radius 3 is 2.86 bits per heavy atom. The highest BCUT2D eigenvalue weighted by atomic mass is 16.5. The molecular formula is C16H22N4O2. The number of hydrogen-bond acceptors (Lipinski definition) is 5. The molecule has 1 aromatic rings. The molecule has 3 aliphatic heterocycles. The molecule has 4 heterocycles. The summed E-state index contributed by atoms with van der Waals surface area (Å²) in [5.74, 6) is 2.32. The first-order valence-corrected chi connectivity index (χ1v) is 8.22. The van der Waals surface area contributed by atoms with Gasteiger partial charge in [-0.1, -0.05) is 0 Å². The maximum absolute atomic E-state index is 12.5. The minimum Gasteiger partial charge on any atom is -0.368 e. The minimum absolute atomic E-state index is 0.184. The van der Waals surface area contributed by atoms with E-state index in [2.05, 4.69) is 14.9 Å². The van der Waals surface area contributed by atoms with Crippen molar-refractivity contribution in [2.45, 2.75) is 25.4 Å². The SMILES string of the molecule is O=C([C@H]1CCCO1)N1C[C@@H]2CCN(c3cnccn3)C[C@@H]2C1. The van der Waals surface area contributed by atoms with Crippen molar-refractivity contribution in [3.05, 3.63) is 18.6 Å². The fraction of sp³-hybridized carbons (Fsp3) is 0.688. The van der Waals surface area contributed by atoms with E-state index in [0.717, 1.165) is 57.9 Å². The summed E-state index contributed by atoms with van der Waals surface area (Å²) in [6.45, 7) is 4.47. The van der Waals surface area contributed by atoms with Crippen molar-refractivity contribution in [2.75, 3.05) is 37.7 Å². The van der Waals surface area contributed by atoms with Crippen molar-refractivity contribution in [1.82, 2.24) is 14.9 Å². The number of aromatic nitrogens is 2. The van der Waals surface area contributed by atoms with E-state index in [1.165, 1.54) is 0 Å². The van der Waals surface area contributed by atoms with Crippen LogP contribution >= 0.6 is 0 Å². The van der Waals surface area contributed by atoms with Crippen LogP contribution < -0.4 is 4.90 Å². The molecule has 0 saturated carbocycles. The first-order valence-electron chi connectivity index (χ1n) is 8.22. The average molecular weight is 302 g/mol. The molecule has 0 aromatic carbocycles. The van der Waals surface area contributed by atoms with Crippen LogP contribution in [-0.4, -0.2) is 59.7 Å². The number of rotatable bonds is 2. The Balaban J connectivity index is 1.40. The second-order valence-corrected chi connectivity index (χ2v) is 6.56. The number of carbonyl (C=O) groups is 1. The molecule has 3 aliphatic rings. The van der Waals surface area contributed by atoms with Gasteiger partial charge in [0.1, 0.15) is 11.9 Å². The molecule has 118 valence electrons. The van der Waals surface area contributed by atoms with Crippen LogP contribution in [-0.2, 0) is 9.53 Å². The lowest BCUT2D eigenvalue weighted by Crippen LogP contribution is -2.40. The van der Waals surface area contributed by atoms with Gasteiger partial charge in [0.25, 0.3) is 5.91 Å². The van der Waals surface area contributed by atoms with Crippen LogP contribution in [0.15, 0.2) is 18.6 Å². The number of anilines is 1. The largest absolute Gasteiger partial charge is 0.368 e. The molecule has 0 radical (unpaired) electrons. The van der Waals surface area contributed by atoms with E-state index < -0.39 is 0 Å². The fourth-order valence-electron chi connectivity index (χ4n) is 3.99. The van der Waals surface area contributed by atoms with Gasteiger partial charge in [0.15, 0.2) is 0 Å². The Kier molecular flexibility index (Phi) is 3.70. The summed E-state index contributed by atoms with van der Waals surface area (Å²) in [6.07, 6.45) is 8.10. The Labute approximate surface area is 130 Å². The van der Waals surface area contributed by atoms with Crippen LogP contribution in [0.2, 0.25) is 0 Å². The first kappa shape index (κ1) is 13.9. The van der Waals surface area contributed by atoms with Crippen LogP contribution in [0.3, 0.4) is 0 Å². The number of fused-ring (bicyclic) bond motifs is 1. The molecule has 1 amide bonds. The third-order valence-electron chi connectivity index (χ3n) is 5.19. The zero-order valence-corrected chi connectivity index (χ0v) is 12.7. The van der Waals surface area contributed by atoms with E-state index in [1.54, 1.807) is 12.4 Å². The van der Waals surface area contributed by atoms with E-state index in [9.17, 15) is 4.79 Å². The standard InChI is InChI=1S/C16H22N4O2/c21-16(14-2-1-7-22-14)20-9-12-3-6-19(10-13(12)11-20)15-8-17-4-5-18-15/h4-5,8,12-14H,1-3,6-7,9-11H2/t12-,13+,14+/m0/s1. The smallest absolute Gasteiger partial charge is 0.251 e. The number of ether oxygens (including phenoxy) is 1. The van der Waals surface area contributed by atoms with Gasteiger partial charge in [-0.2, -0.15) is 0 Å². The number of likely N-dealkylation sites (tertiary alicyclic amines) is 1. The molecule has 4 rings (SSSR count). The highest BCUT2D eigenvalue weighted by Gasteiger charge is 2.41. The monoisotopic (exact) mass is 302 g/mol.